The third-order valence-electron chi connectivity index (χ3n) is 2.59. The zero-order valence-electron chi connectivity index (χ0n) is 10.5. The van der Waals surface area contributed by atoms with Gasteiger partial charge in [0.05, 0.1) is 5.56 Å². The van der Waals surface area contributed by atoms with E-state index in [-0.39, 0.29) is 0 Å². The highest BCUT2D eigenvalue weighted by Gasteiger charge is 2.29. The molecule has 0 saturated heterocycles. The molecule has 0 bridgehead atoms. The van der Waals surface area contributed by atoms with Gasteiger partial charge in [0.15, 0.2) is 0 Å². The zero-order chi connectivity index (χ0) is 14.4. The summed E-state index contributed by atoms with van der Waals surface area (Å²) in [4.78, 5) is 0. The second kappa shape index (κ2) is 6.12. The van der Waals surface area contributed by atoms with E-state index in [0.717, 1.165) is 17.7 Å². The van der Waals surface area contributed by atoms with Crippen molar-refractivity contribution in [3.63, 3.8) is 0 Å². The third kappa shape index (κ3) is 4.03. The lowest BCUT2D eigenvalue weighted by Crippen LogP contribution is -2.03. The maximum atomic E-state index is 12.4. The SMILES string of the molecule is FC(F)(F)c1ccc(/C=C/C#Cc2ccccc2)cc1. The normalized spacial score (nSPS) is 11.2. The average molecular weight is 272 g/mol. The van der Waals surface area contributed by atoms with Crippen LogP contribution in [0.5, 0.6) is 0 Å². The fourth-order valence-electron chi connectivity index (χ4n) is 1.57. The third-order valence-corrected chi connectivity index (χ3v) is 2.59. The predicted octanol–water partition coefficient (Wildman–Crippen LogP) is 4.77. The molecule has 0 heterocycles. The van der Waals surface area contributed by atoms with E-state index < -0.39 is 11.7 Å². The van der Waals surface area contributed by atoms with Crippen molar-refractivity contribution in [1.82, 2.24) is 0 Å². The van der Waals surface area contributed by atoms with Gasteiger partial charge in [-0.1, -0.05) is 42.2 Å². The second-order valence-electron chi connectivity index (χ2n) is 4.09. The molecule has 0 unspecified atom stereocenters. The van der Waals surface area contributed by atoms with Crippen LogP contribution in [-0.2, 0) is 6.18 Å². The van der Waals surface area contributed by atoms with E-state index >= 15 is 0 Å². The summed E-state index contributed by atoms with van der Waals surface area (Å²) in [6, 6.07) is 14.4. The number of hydrogen-bond acceptors (Lipinski definition) is 0. The maximum absolute atomic E-state index is 12.4. The van der Waals surface area contributed by atoms with E-state index in [1.54, 1.807) is 12.2 Å². The molecule has 0 aliphatic heterocycles. The van der Waals surface area contributed by atoms with Crippen molar-refractivity contribution < 1.29 is 13.2 Å². The Labute approximate surface area is 115 Å². The largest absolute Gasteiger partial charge is 0.416 e. The van der Waals surface area contributed by atoms with Crippen LogP contribution in [0.3, 0.4) is 0 Å². The molecule has 0 N–H and O–H groups in total. The average Bonchev–Trinajstić information content (AvgIpc) is 2.44. The number of rotatable bonds is 1. The molecule has 20 heavy (non-hydrogen) atoms. The molecular formula is C17H11F3. The molecule has 0 atom stereocenters. The van der Waals surface area contributed by atoms with E-state index in [1.165, 1.54) is 12.1 Å². The van der Waals surface area contributed by atoms with Gasteiger partial charge in [-0.2, -0.15) is 13.2 Å². The molecule has 0 amide bonds. The number of halogens is 3. The smallest absolute Gasteiger partial charge is 0.166 e. The first kappa shape index (κ1) is 14.0. The summed E-state index contributed by atoms with van der Waals surface area (Å²) in [6.45, 7) is 0. The van der Waals surface area contributed by atoms with Gasteiger partial charge >= 0.3 is 6.18 Å². The molecular weight excluding hydrogens is 261 g/mol. The molecule has 2 rings (SSSR count). The Bertz CT molecular complexity index is 639. The van der Waals surface area contributed by atoms with E-state index in [2.05, 4.69) is 11.8 Å². The fourth-order valence-corrected chi connectivity index (χ4v) is 1.57. The van der Waals surface area contributed by atoms with Gasteiger partial charge in [0, 0.05) is 5.56 Å². The van der Waals surface area contributed by atoms with E-state index in [0.29, 0.717) is 5.56 Å². The van der Waals surface area contributed by atoms with Gasteiger partial charge in [-0.05, 0) is 42.0 Å². The Hall–Kier alpha value is -2.47. The van der Waals surface area contributed by atoms with Gasteiger partial charge in [-0.25, -0.2) is 0 Å². The standard InChI is InChI=1S/C17H11F3/c18-17(19,20)16-12-10-15(11-13-16)9-5-4-8-14-6-2-1-3-7-14/h1-3,5-7,9-13H/b9-5+. The molecule has 0 spiro atoms. The van der Waals surface area contributed by atoms with Gasteiger partial charge in [0.25, 0.3) is 0 Å². The summed E-state index contributed by atoms with van der Waals surface area (Å²) in [5, 5.41) is 0. The van der Waals surface area contributed by atoms with E-state index in [1.807, 2.05) is 30.3 Å². The second-order valence-corrected chi connectivity index (χ2v) is 4.09. The number of hydrogen-bond donors (Lipinski definition) is 0. The van der Waals surface area contributed by atoms with Crippen LogP contribution in [0, 0.1) is 11.8 Å². The highest BCUT2D eigenvalue weighted by molar-refractivity contribution is 5.54. The predicted molar refractivity (Wildman–Crippen MR) is 73.8 cm³/mol. The quantitative estimate of drug-likeness (QED) is 0.656. The highest BCUT2D eigenvalue weighted by Crippen LogP contribution is 2.29. The van der Waals surface area contributed by atoms with Crippen molar-refractivity contribution in [3.8, 4) is 11.8 Å². The molecule has 0 aromatic heterocycles. The van der Waals surface area contributed by atoms with Crippen LogP contribution in [0.1, 0.15) is 16.7 Å². The molecule has 2 aromatic carbocycles. The minimum Gasteiger partial charge on any atom is -0.166 e. The Morgan fingerprint density at radius 1 is 0.850 bits per heavy atom. The van der Waals surface area contributed by atoms with Gasteiger partial charge in [0.2, 0.25) is 0 Å². The zero-order valence-corrected chi connectivity index (χ0v) is 10.5. The van der Waals surface area contributed by atoms with Crippen LogP contribution >= 0.6 is 0 Å². The van der Waals surface area contributed by atoms with Crippen LogP contribution in [-0.4, -0.2) is 0 Å². The highest BCUT2D eigenvalue weighted by atomic mass is 19.4. The minimum absolute atomic E-state index is 0.648. The van der Waals surface area contributed by atoms with Gasteiger partial charge in [-0.3, -0.25) is 0 Å². The fraction of sp³-hybridized carbons (Fsp3) is 0.0588. The summed E-state index contributed by atoms with van der Waals surface area (Å²) in [7, 11) is 0. The first-order valence-corrected chi connectivity index (χ1v) is 5.96. The summed E-state index contributed by atoms with van der Waals surface area (Å²) in [5.41, 5.74) is 0.926. The summed E-state index contributed by atoms with van der Waals surface area (Å²) < 4.78 is 37.1. The molecule has 2 aromatic rings. The molecule has 0 saturated carbocycles. The van der Waals surface area contributed by atoms with Crippen LogP contribution in [0.15, 0.2) is 60.7 Å². The van der Waals surface area contributed by atoms with Crippen molar-refractivity contribution in [3.05, 3.63) is 77.4 Å². The Kier molecular flexibility index (Phi) is 4.27. The lowest BCUT2D eigenvalue weighted by Gasteiger charge is -2.05. The van der Waals surface area contributed by atoms with Gasteiger partial charge in [0.1, 0.15) is 0 Å². The Morgan fingerprint density at radius 2 is 1.50 bits per heavy atom. The lowest BCUT2D eigenvalue weighted by atomic mass is 10.1. The van der Waals surface area contributed by atoms with E-state index in [9.17, 15) is 13.2 Å². The van der Waals surface area contributed by atoms with Crippen LogP contribution in [0.25, 0.3) is 6.08 Å². The maximum Gasteiger partial charge on any atom is 0.416 e. The molecule has 0 aliphatic rings. The first-order valence-electron chi connectivity index (χ1n) is 5.96. The molecule has 0 radical (unpaired) electrons. The van der Waals surface area contributed by atoms with Crippen LogP contribution in [0.4, 0.5) is 13.2 Å². The summed E-state index contributed by atoms with van der Waals surface area (Å²) in [6.07, 6.45) is -0.999. The molecule has 0 nitrogen and oxygen atoms in total. The summed E-state index contributed by atoms with van der Waals surface area (Å²) >= 11 is 0. The molecule has 3 heteroatoms. The summed E-state index contributed by atoms with van der Waals surface area (Å²) in [5.74, 6) is 5.78. The van der Waals surface area contributed by atoms with Crippen molar-refractivity contribution >= 4 is 6.08 Å². The van der Waals surface area contributed by atoms with Crippen LogP contribution < -0.4 is 0 Å². The Morgan fingerprint density at radius 3 is 2.10 bits per heavy atom. The van der Waals surface area contributed by atoms with Gasteiger partial charge in [-0.15, -0.1) is 0 Å². The van der Waals surface area contributed by atoms with Crippen molar-refractivity contribution in [2.24, 2.45) is 0 Å². The van der Waals surface area contributed by atoms with Crippen LogP contribution in [0.2, 0.25) is 0 Å². The van der Waals surface area contributed by atoms with Gasteiger partial charge < -0.3 is 0 Å². The number of allylic oxidation sites excluding steroid dienone is 1. The van der Waals surface area contributed by atoms with E-state index in [4.69, 9.17) is 0 Å². The lowest BCUT2D eigenvalue weighted by molar-refractivity contribution is -0.137. The Balaban J connectivity index is 2.04. The topological polar surface area (TPSA) is 0 Å². The molecule has 0 aliphatic carbocycles. The van der Waals surface area contributed by atoms with Crippen molar-refractivity contribution in [1.29, 1.82) is 0 Å². The first-order chi connectivity index (χ1) is 9.55. The minimum atomic E-state index is -4.30. The molecule has 0 fully saturated rings. The van der Waals surface area contributed by atoms with Crippen molar-refractivity contribution in [2.75, 3.05) is 0 Å². The number of benzene rings is 2. The monoisotopic (exact) mass is 272 g/mol. The molecule has 100 valence electrons. The number of alkyl halides is 3. The van der Waals surface area contributed by atoms with Crippen molar-refractivity contribution in [2.45, 2.75) is 6.18 Å².